The number of anilines is 1. The number of sulfonamides is 1. The van der Waals surface area contributed by atoms with Gasteiger partial charge in [0.15, 0.2) is 11.5 Å². The van der Waals surface area contributed by atoms with Crippen LogP contribution >= 0.6 is 0 Å². The molecule has 150 valence electrons. The first-order valence-electron chi connectivity index (χ1n) is 8.02. The standard InChI is InChI=1S/C17H16F2N2O6S/c1-25-12-3-5-13(6-4-12)28(23,24)20-9-8-16(22)21-11-2-7-14-15(10-11)27-17(18,19)26-14/h2-7,10,20H,8-9H2,1H3,(H,21,22). The highest BCUT2D eigenvalue weighted by atomic mass is 32.2. The van der Waals surface area contributed by atoms with Crippen LogP contribution in [0.15, 0.2) is 47.4 Å². The van der Waals surface area contributed by atoms with E-state index in [0.29, 0.717) is 5.75 Å². The molecule has 0 bridgehead atoms. The van der Waals surface area contributed by atoms with Crippen LogP contribution in [0.5, 0.6) is 17.2 Å². The summed E-state index contributed by atoms with van der Waals surface area (Å²) in [4.78, 5) is 12.0. The van der Waals surface area contributed by atoms with Crippen LogP contribution in [0.2, 0.25) is 0 Å². The molecule has 2 aromatic rings. The number of carbonyl (C=O) groups excluding carboxylic acids is 1. The maximum atomic E-state index is 13.0. The van der Waals surface area contributed by atoms with Gasteiger partial charge in [0.1, 0.15) is 5.75 Å². The lowest BCUT2D eigenvalue weighted by Crippen LogP contribution is -2.27. The fourth-order valence-corrected chi connectivity index (χ4v) is 3.42. The summed E-state index contributed by atoms with van der Waals surface area (Å²) in [5, 5.41) is 2.47. The molecule has 0 saturated heterocycles. The van der Waals surface area contributed by atoms with Gasteiger partial charge in [0.2, 0.25) is 15.9 Å². The zero-order valence-electron chi connectivity index (χ0n) is 14.6. The monoisotopic (exact) mass is 414 g/mol. The molecule has 0 fully saturated rings. The Morgan fingerprint density at radius 3 is 2.46 bits per heavy atom. The zero-order valence-corrected chi connectivity index (χ0v) is 15.4. The molecular weight excluding hydrogens is 398 g/mol. The van der Waals surface area contributed by atoms with Crippen LogP contribution in [-0.4, -0.2) is 34.3 Å². The number of ether oxygens (including phenoxy) is 3. The number of hydrogen-bond acceptors (Lipinski definition) is 6. The Kier molecular flexibility index (Phi) is 5.38. The number of hydrogen-bond donors (Lipinski definition) is 2. The van der Waals surface area contributed by atoms with Crippen LogP contribution in [0.1, 0.15) is 6.42 Å². The summed E-state index contributed by atoms with van der Waals surface area (Å²) in [6, 6.07) is 9.55. The van der Waals surface area contributed by atoms with Gasteiger partial charge in [-0.05, 0) is 36.4 Å². The largest absolute Gasteiger partial charge is 0.586 e. The molecule has 0 radical (unpaired) electrons. The molecule has 1 amide bonds. The average Bonchev–Trinajstić information content (AvgIpc) is 2.94. The average molecular weight is 414 g/mol. The van der Waals surface area contributed by atoms with Crippen LogP contribution in [0.25, 0.3) is 0 Å². The van der Waals surface area contributed by atoms with Crippen molar-refractivity contribution in [3.05, 3.63) is 42.5 Å². The van der Waals surface area contributed by atoms with Crippen LogP contribution in [-0.2, 0) is 14.8 Å². The van der Waals surface area contributed by atoms with Crippen molar-refractivity contribution in [3.63, 3.8) is 0 Å². The molecule has 0 spiro atoms. The van der Waals surface area contributed by atoms with Crippen molar-refractivity contribution in [1.29, 1.82) is 0 Å². The van der Waals surface area contributed by atoms with Gasteiger partial charge < -0.3 is 19.5 Å². The van der Waals surface area contributed by atoms with Gasteiger partial charge in [0, 0.05) is 24.7 Å². The highest BCUT2D eigenvalue weighted by Gasteiger charge is 2.43. The minimum Gasteiger partial charge on any atom is -0.497 e. The molecule has 8 nitrogen and oxygen atoms in total. The second kappa shape index (κ2) is 7.60. The van der Waals surface area contributed by atoms with Crippen LogP contribution in [0.4, 0.5) is 14.5 Å². The van der Waals surface area contributed by atoms with Gasteiger partial charge in [-0.1, -0.05) is 0 Å². The summed E-state index contributed by atoms with van der Waals surface area (Å²) in [5.41, 5.74) is 0.211. The molecule has 1 aliphatic rings. The minimum absolute atomic E-state index is 0.0328. The molecule has 28 heavy (non-hydrogen) atoms. The fourth-order valence-electron chi connectivity index (χ4n) is 2.39. The molecular formula is C17H16F2N2O6S. The number of halogens is 2. The second-order valence-corrected chi connectivity index (χ2v) is 7.47. The van der Waals surface area contributed by atoms with Crippen LogP contribution in [0, 0.1) is 0 Å². The van der Waals surface area contributed by atoms with Crippen LogP contribution < -0.4 is 24.2 Å². The van der Waals surface area contributed by atoms with E-state index in [9.17, 15) is 22.0 Å². The number of fused-ring (bicyclic) bond motifs is 1. The van der Waals surface area contributed by atoms with Gasteiger partial charge >= 0.3 is 6.29 Å². The van der Waals surface area contributed by atoms with E-state index in [2.05, 4.69) is 19.5 Å². The Bertz CT molecular complexity index is 980. The Balaban J connectivity index is 1.52. The predicted molar refractivity (Wildman–Crippen MR) is 94.1 cm³/mol. The van der Waals surface area contributed by atoms with E-state index in [1.165, 1.54) is 49.6 Å². The number of benzene rings is 2. The molecule has 0 unspecified atom stereocenters. The van der Waals surface area contributed by atoms with E-state index in [-0.39, 0.29) is 35.0 Å². The first kappa shape index (κ1) is 19.8. The molecule has 0 saturated carbocycles. The van der Waals surface area contributed by atoms with E-state index in [0.717, 1.165) is 0 Å². The van der Waals surface area contributed by atoms with Gasteiger partial charge in [-0.25, -0.2) is 13.1 Å². The third-order valence-electron chi connectivity index (χ3n) is 3.70. The van der Waals surface area contributed by atoms with Gasteiger partial charge in [-0.2, -0.15) is 0 Å². The van der Waals surface area contributed by atoms with Crippen molar-refractivity contribution in [3.8, 4) is 17.2 Å². The Morgan fingerprint density at radius 1 is 1.11 bits per heavy atom. The summed E-state index contributed by atoms with van der Waals surface area (Å²) in [7, 11) is -2.32. The lowest BCUT2D eigenvalue weighted by atomic mass is 10.2. The van der Waals surface area contributed by atoms with Crippen molar-refractivity contribution < 1.29 is 36.2 Å². The van der Waals surface area contributed by atoms with E-state index in [1.54, 1.807) is 0 Å². The smallest absolute Gasteiger partial charge is 0.497 e. The molecule has 11 heteroatoms. The quantitative estimate of drug-likeness (QED) is 0.721. The molecule has 0 aliphatic carbocycles. The highest BCUT2D eigenvalue weighted by Crippen LogP contribution is 2.42. The Hall–Kier alpha value is -2.92. The normalized spacial score (nSPS) is 14.5. The molecule has 0 aromatic heterocycles. The number of rotatable bonds is 7. The fraction of sp³-hybridized carbons (Fsp3) is 0.235. The van der Waals surface area contributed by atoms with Gasteiger partial charge in [0.05, 0.1) is 12.0 Å². The summed E-state index contributed by atoms with van der Waals surface area (Å²) >= 11 is 0. The predicted octanol–water partition coefficient (Wildman–Crippen LogP) is 2.32. The molecule has 0 atom stereocenters. The van der Waals surface area contributed by atoms with E-state index in [4.69, 9.17) is 4.74 Å². The number of amides is 1. The van der Waals surface area contributed by atoms with E-state index >= 15 is 0 Å². The summed E-state index contributed by atoms with van der Waals surface area (Å²) in [5.74, 6) is -0.346. The molecule has 2 aromatic carbocycles. The second-order valence-electron chi connectivity index (χ2n) is 5.70. The first-order chi connectivity index (χ1) is 13.2. The van der Waals surface area contributed by atoms with Crippen molar-refractivity contribution in [2.24, 2.45) is 0 Å². The number of nitrogens with one attached hydrogen (secondary N) is 2. The van der Waals surface area contributed by atoms with Crippen molar-refractivity contribution in [1.82, 2.24) is 4.72 Å². The molecule has 1 heterocycles. The van der Waals surface area contributed by atoms with Crippen molar-refractivity contribution >= 4 is 21.6 Å². The lowest BCUT2D eigenvalue weighted by Gasteiger charge is -2.08. The third-order valence-corrected chi connectivity index (χ3v) is 5.18. The van der Waals surface area contributed by atoms with Crippen molar-refractivity contribution in [2.75, 3.05) is 19.0 Å². The number of alkyl halides is 2. The molecule has 1 aliphatic heterocycles. The summed E-state index contributed by atoms with van der Waals surface area (Å²) < 4.78 is 66.2. The third kappa shape index (κ3) is 4.67. The lowest BCUT2D eigenvalue weighted by molar-refractivity contribution is -0.286. The summed E-state index contributed by atoms with van der Waals surface area (Å²) in [6.07, 6.45) is -3.91. The zero-order chi connectivity index (χ0) is 20.4. The topological polar surface area (TPSA) is 103 Å². The van der Waals surface area contributed by atoms with E-state index < -0.39 is 22.2 Å². The van der Waals surface area contributed by atoms with Crippen molar-refractivity contribution in [2.45, 2.75) is 17.6 Å². The van der Waals surface area contributed by atoms with Gasteiger partial charge in [-0.3, -0.25) is 4.79 Å². The maximum absolute atomic E-state index is 13.0. The molecule has 2 N–H and O–H groups in total. The first-order valence-corrected chi connectivity index (χ1v) is 9.50. The highest BCUT2D eigenvalue weighted by molar-refractivity contribution is 7.89. The van der Waals surface area contributed by atoms with Gasteiger partial charge in [-0.15, -0.1) is 8.78 Å². The Labute approximate surface area is 159 Å². The molecule has 3 rings (SSSR count). The maximum Gasteiger partial charge on any atom is 0.586 e. The van der Waals surface area contributed by atoms with E-state index in [1.807, 2.05) is 0 Å². The number of methoxy groups -OCH3 is 1. The minimum atomic E-state index is -3.78. The Morgan fingerprint density at radius 2 is 1.79 bits per heavy atom. The summed E-state index contributed by atoms with van der Waals surface area (Å²) in [6.45, 7) is -0.150. The SMILES string of the molecule is COc1ccc(S(=O)(=O)NCCC(=O)Nc2ccc3c(c2)OC(F)(F)O3)cc1. The van der Waals surface area contributed by atoms with Gasteiger partial charge in [0.25, 0.3) is 0 Å². The van der Waals surface area contributed by atoms with Crippen LogP contribution in [0.3, 0.4) is 0 Å². The number of carbonyl (C=O) groups is 1.